The molecule has 16 heavy (non-hydrogen) atoms. The van der Waals surface area contributed by atoms with Gasteiger partial charge in [-0.15, -0.1) is 0 Å². The maximum atomic E-state index is 11.7. The van der Waals surface area contributed by atoms with Gasteiger partial charge in [-0.2, -0.15) is 0 Å². The number of hydrogen-bond acceptors (Lipinski definition) is 3. The molecular formula is C11H14ClNO3. The molecule has 0 heterocycles. The van der Waals surface area contributed by atoms with E-state index in [-0.39, 0.29) is 12.5 Å². The van der Waals surface area contributed by atoms with Crippen molar-refractivity contribution in [2.75, 3.05) is 13.7 Å². The Morgan fingerprint density at radius 1 is 1.62 bits per heavy atom. The zero-order valence-corrected chi connectivity index (χ0v) is 9.91. The van der Waals surface area contributed by atoms with Gasteiger partial charge in [0.2, 0.25) is 0 Å². The van der Waals surface area contributed by atoms with Gasteiger partial charge in [-0.1, -0.05) is 11.6 Å². The first-order valence-electron chi connectivity index (χ1n) is 4.84. The summed E-state index contributed by atoms with van der Waals surface area (Å²) in [5.41, 5.74) is 0.357. The van der Waals surface area contributed by atoms with Crippen molar-refractivity contribution in [2.24, 2.45) is 0 Å². The highest BCUT2D eigenvalue weighted by Gasteiger charge is 2.12. The number of benzene rings is 1. The molecule has 0 fully saturated rings. The molecule has 1 aromatic rings. The van der Waals surface area contributed by atoms with Crippen LogP contribution >= 0.6 is 11.6 Å². The third-order valence-electron chi connectivity index (χ3n) is 1.96. The molecule has 88 valence electrons. The topological polar surface area (TPSA) is 58.6 Å². The van der Waals surface area contributed by atoms with Crippen molar-refractivity contribution in [3.05, 3.63) is 28.8 Å². The van der Waals surface area contributed by atoms with Gasteiger partial charge in [-0.25, -0.2) is 0 Å². The fraction of sp³-hybridized carbons (Fsp3) is 0.364. The SMILES string of the molecule is COc1ccc(Cl)cc1C(=O)NC[C@H](C)O. The number of aliphatic hydroxyl groups is 1. The second-order valence-electron chi connectivity index (χ2n) is 3.40. The van der Waals surface area contributed by atoms with E-state index in [9.17, 15) is 4.79 Å². The fourth-order valence-corrected chi connectivity index (χ4v) is 1.37. The van der Waals surface area contributed by atoms with E-state index in [0.29, 0.717) is 16.3 Å². The molecule has 1 rings (SSSR count). The summed E-state index contributed by atoms with van der Waals surface area (Å²) in [7, 11) is 1.48. The largest absolute Gasteiger partial charge is 0.496 e. The first-order chi connectivity index (χ1) is 7.54. The van der Waals surface area contributed by atoms with Crippen LogP contribution in [0.25, 0.3) is 0 Å². The summed E-state index contributed by atoms with van der Waals surface area (Å²) in [5, 5.41) is 12.1. The number of hydrogen-bond donors (Lipinski definition) is 2. The summed E-state index contributed by atoms with van der Waals surface area (Å²) in [4.78, 5) is 11.7. The molecule has 5 heteroatoms. The van der Waals surface area contributed by atoms with Crippen LogP contribution in [0, 0.1) is 0 Å². The summed E-state index contributed by atoms with van der Waals surface area (Å²) in [6.45, 7) is 1.78. The minimum Gasteiger partial charge on any atom is -0.496 e. The van der Waals surface area contributed by atoms with Gasteiger partial charge in [-0.05, 0) is 25.1 Å². The lowest BCUT2D eigenvalue weighted by Gasteiger charge is -2.10. The predicted octanol–water partition coefficient (Wildman–Crippen LogP) is 1.46. The van der Waals surface area contributed by atoms with Gasteiger partial charge in [0.1, 0.15) is 5.75 Å². The van der Waals surface area contributed by atoms with E-state index in [0.717, 1.165) is 0 Å². The molecule has 0 saturated carbocycles. The second-order valence-corrected chi connectivity index (χ2v) is 3.84. The summed E-state index contributed by atoms with van der Waals surface area (Å²) in [5.74, 6) is 0.132. The van der Waals surface area contributed by atoms with E-state index in [1.165, 1.54) is 13.2 Å². The molecule has 0 bridgehead atoms. The van der Waals surface area contributed by atoms with Gasteiger partial charge in [0, 0.05) is 11.6 Å². The quantitative estimate of drug-likeness (QED) is 0.842. The van der Waals surface area contributed by atoms with Crippen LogP contribution in [-0.4, -0.2) is 30.8 Å². The highest BCUT2D eigenvalue weighted by molar-refractivity contribution is 6.31. The highest BCUT2D eigenvalue weighted by atomic mass is 35.5. The zero-order valence-electron chi connectivity index (χ0n) is 9.16. The van der Waals surface area contributed by atoms with Gasteiger partial charge < -0.3 is 15.2 Å². The van der Waals surface area contributed by atoms with Gasteiger partial charge in [-0.3, -0.25) is 4.79 Å². The number of nitrogens with one attached hydrogen (secondary N) is 1. The van der Waals surface area contributed by atoms with Crippen molar-refractivity contribution in [1.29, 1.82) is 0 Å². The molecule has 0 aliphatic carbocycles. The predicted molar refractivity (Wildman–Crippen MR) is 62.0 cm³/mol. The van der Waals surface area contributed by atoms with Crippen LogP contribution in [0.4, 0.5) is 0 Å². The molecule has 1 aromatic carbocycles. The number of halogens is 1. The molecule has 4 nitrogen and oxygen atoms in total. The third kappa shape index (κ3) is 3.40. The van der Waals surface area contributed by atoms with Crippen LogP contribution in [-0.2, 0) is 0 Å². The minimum absolute atomic E-state index is 0.189. The summed E-state index contributed by atoms with van der Waals surface area (Å²) >= 11 is 5.80. The van der Waals surface area contributed by atoms with Crippen molar-refractivity contribution < 1.29 is 14.6 Å². The highest BCUT2D eigenvalue weighted by Crippen LogP contribution is 2.22. The number of ether oxygens (including phenoxy) is 1. The number of carbonyl (C=O) groups excluding carboxylic acids is 1. The van der Waals surface area contributed by atoms with E-state index >= 15 is 0 Å². The van der Waals surface area contributed by atoms with E-state index in [4.69, 9.17) is 21.4 Å². The zero-order chi connectivity index (χ0) is 12.1. The van der Waals surface area contributed by atoms with Crippen LogP contribution in [0.15, 0.2) is 18.2 Å². The Kier molecular flexibility index (Phi) is 4.58. The first-order valence-corrected chi connectivity index (χ1v) is 5.22. The van der Waals surface area contributed by atoms with Crippen LogP contribution in [0.5, 0.6) is 5.75 Å². The molecule has 1 amide bonds. The van der Waals surface area contributed by atoms with Crippen molar-refractivity contribution in [3.63, 3.8) is 0 Å². The molecule has 1 atom stereocenters. The van der Waals surface area contributed by atoms with E-state index in [2.05, 4.69) is 5.32 Å². The first kappa shape index (κ1) is 12.8. The fourth-order valence-electron chi connectivity index (χ4n) is 1.19. The van der Waals surface area contributed by atoms with Crippen LogP contribution in [0.1, 0.15) is 17.3 Å². The van der Waals surface area contributed by atoms with Crippen LogP contribution in [0.2, 0.25) is 5.02 Å². The van der Waals surface area contributed by atoms with Crippen molar-refractivity contribution in [2.45, 2.75) is 13.0 Å². The maximum absolute atomic E-state index is 11.7. The Labute approximate surface area is 99.2 Å². The molecule has 0 saturated heterocycles. The normalized spacial score (nSPS) is 12.0. The third-order valence-corrected chi connectivity index (χ3v) is 2.20. The molecule has 0 aliphatic heterocycles. The second kappa shape index (κ2) is 5.72. The summed E-state index contributed by atoms with van der Waals surface area (Å²) < 4.78 is 5.05. The Morgan fingerprint density at radius 2 is 2.31 bits per heavy atom. The average Bonchev–Trinajstić information content (AvgIpc) is 2.25. The molecule has 0 aromatic heterocycles. The van der Waals surface area contributed by atoms with Crippen LogP contribution in [0.3, 0.4) is 0 Å². The smallest absolute Gasteiger partial charge is 0.255 e. The van der Waals surface area contributed by atoms with Crippen molar-refractivity contribution >= 4 is 17.5 Å². The number of amides is 1. The van der Waals surface area contributed by atoms with E-state index in [1.807, 2.05) is 0 Å². The maximum Gasteiger partial charge on any atom is 0.255 e. The molecule has 0 unspecified atom stereocenters. The van der Waals surface area contributed by atoms with E-state index in [1.54, 1.807) is 19.1 Å². The number of rotatable bonds is 4. The average molecular weight is 244 g/mol. The lowest BCUT2D eigenvalue weighted by atomic mass is 10.2. The van der Waals surface area contributed by atoms with Gasteiger partial charge in [0.25, 0.3) is 5.91 Å². The van der Waals surface area contributed by atoms with Gasteiger partial charge in [0.05, 0.1) is 18.8 Å². The van der Waals surface area contributed by atoms with Crippen molar-refractivity contribution in [3.8, 4) is 5.75 Å². The molecule has 2 N–H and O–H groups in total. The standard InChI is InChI=1S/C11H14ClNO3/c1-7(14)6-13-11(15)9-5-8(12)3-4-10(9)16-2/h3-5,7,14H,6H2,1-2H3,(H,13,15)/t7-/m0/s1. The lowest BCUT2D eigenvalue weighted by Crippen LogP contribution is -2.30. The molecule has 0 radical (unpaired) electrons. The van der Waals surface area contributed by atoms with Crippen LogP contribution < -0.4 is 10.1 Å². The van der Waals surface area contributed by atoms with Gasteiger partial charge in [0.15, 0.2) is 0 Å². The number of methoxy groups -OCH3 is 1. The molecule has 0 spiro atoms. The Hall–Kier alpha value is -1.26. The number of carbonyl (C=O) groups is 1. The minimum atomic E-state index is -0.589. The summed E-state index contributed by atoms with van der Waals surface area (Å²) in [6, 6.07) is 4.79. The Balaban J connectivity index is 2.84. The Morgan fingerprint density at radius 3 is 2.88 bits per heavy atom. The van der Waals surface area contributed by atoms with E-state index < -0.39 is 6.10 Å². The van der Waals surface area contributed by atoms with Crippen molar-refractivity contribution in [1.82, 2.24) is 5.32 Å². The molecule has 0 aliphatic rings. The number of aliphatic hydroxyl groups excluding tert-OH is 1. The molecular weight excluding hydrogens is 230 g/mol. The summed E-state index contributed by atoms with van der Waals surface area (Å²) in [6.07, 6.45) is -0.589. The Bertz CT molecular complexity index is 379. The monoisotopic (exact) mass is 243 g/mol. The lowest BCUT2D eigenvalue weighted by molar-refractivity contribution is 0.0921. The van der Waals surface area contributed by atoms with Gasteiger partial charge >= 0.3 is 0 Å².